The number of sulfone groups is 1. The first-order valence-corrected chi connectivity index (χ1v) is 9.59. The Kier molecular flexibility index (Phi) is 5.04. The first kappa shape index (κ1) is 17.7. The summed E-state index contributed by atoms with van der Waals surface area (Å²) in [5.74, 6) is 1.23. The van der Waals surface area contributed by atoms with E-state index in [0.717, 1.165) is 0 Å². The van der Waals surface area contributed by atoms with Crippen LogP contribution in [0.25, 0.3) is 0 Å². The summed E-state index contributed by atoms with van der Waals surface area (Å²) in [7, 11) is -3.27. The van der Waals surface area contributed by atoms with Gasteiger partial charge in [0.25, 0.3) is 0 Å². The molecule has 0 radical (unpaired) electrons. The van der Waals surface area contributed by atoms with E-state index in [0.29, 0.717) is 23.0 Å². The largest absolute Gasteiger partial charge is 0.508 e. The molecule has 7 nitrogen and oxygen atoms in total. The van der Waals surface area contributed by atoms with Gasteiger partial charge in [-0.15, -0.1) is 0 Å². The highest BCUT2D eigenvalue weighted by Crippen LogP contribution is 2.23. The number of nitrogens with zero attached hydrogens (tertiary/aromatic N) is 2. The lowest BCUT2D eigenvalue weighted by Gasteiger charge is -2.10. The van der Waals surface area contributed by atoms with Crippen molar-refractivity contribution in [2.24, 2.45) is 0 Å². The quantitative estimate of drug-likeness (QED) is 0.610. The van der Waals surface area contributed by atoms with Crippen molar-refractivity contribution in [1.29, 1.82) is 0 Å². The molecule has 0 saturated heterocycles. The van der Waals surface area contributed by atoms with E-state index >= 15 is 0 Å². The maximum atomic E-state index is 12.0. The molecule has 26 heavy (non-hydrogen) atoms. The SMILES string of the molecule is CCS(=O)(=O)c1cccc(Nc2cc(Nc3cccc(O)c3)ncn2)c1. The van der Waals surface area contributed by atoms with Crippen molar-refractivity contribution in [3.63, 3.8) is 0 Å². The number of aromatic hydroxyl groups is 1. The van der Waals surface area contributed by atoms with Crippen molar-refractivity contribution in [2.45, 2.75) is 11.8 Å². The van der Waals surface area contributed by atoms with E-state index in [-0.39, 0.29) is 16.4 Å². The van der Waals surface area contributed by atoms with Gasteiger partial charge in [-0.3, -0.25) is 0 Å². The summed E-state index contributed by atoms with van der Waals surface area (Å²) in [5, 5.41) is 15.7. The predicted molar refractivity (Wildman–Crippen MR) is 101 cm³/mol. The van der Waals surface area contributed by atoms with Gasteiger partial charge in [0.15, 0.2) is 9.84 Å². The minimum absolute atomic E-state index is 0.0436. The Balaban J connectivity index is 1.80. The smallest absolute Gasteiger partial charge is 0.178 e. The van der Waals surface area contributed by atoms with Gasteiger partial charge in [-0.1, -0.05) is 19.1 Å². The third-order valence-electron chi connectivity index (χ3n) is 3.63. The summed E-state index contributed by atoms with van der Waals surface area (Å²) >= 11 is 0. The van der Waals surface area contributed by atoms with Crippen molar-refractivity contribution in [2.75, 3.05) is 16.4 Å². The Bertz CT molecular complexity index is 1020. The second kappa shape index (κ2) is 7.40. The molecule has 0 atom stereocenters. The molecule has 3 N–H and O–H groups in total. The molecule has 0 amide bonds. The molecule has 134 valence electrons. The Morgan fingerprint density at radius 2 is 1.54 bits per heavy atom. The minimum atomic E-state index is -3.27. The molecule has 3 aromatic rings. The van der Waals surface area contributed by atoms with Gasteiger partial charge >= 0.3 is 0 Å². The van der Waals surface area contributed by atoms with Crippen LogP contribution in [0.3, 0.4) is 0 Å². The molecule has 0 unspecified atom stereocenters. The Morgan fingerprint density at radius 1 is 0.923 bits per heavy atom. The average molecular weight is 370 g/mol. The van der Waals surface area contributed by atoms with E-state index in [1.165, 1.54) is 6.33 Å². The maximum Gasteiger partial charge on any atom is 0.178 e. The first-order valence-electron chi connectivity index (χ1n) is 7.94. The molecule has 8 heteroatoms. The van der Waals surface area contributed by atoms with Crippen LogP contribution in [0, 0.1) is 0 Å². The van der Waals surface area contributed by atoms with E-state index in [1.54, 1.807) is 61.5 Å². The highest BCUT2D eigenvalue weighted by Gasteiger charge is 2.12. The third kappa shape index (κ3) is 4.28. The topological polar surface area (TPSA) is 104 Å². The molecule has 2 aromatic carbocycles. The van der Waals surface area contributed by atoms with Gasteiger partial charge in [-0.25, -0.2) is 18.4 Å². The van der Waals surface area contributed by atoms with Crippen LogP contribution in [-0.2, 0) is 9.84 Å². The fraction of sp³-hybridized carbons (Fsp3) is 0.111. The number of nitrogens with one attached hydrogen (secondary N) is 2. The molecule has 0 bridgehead atoms. The number of hydrogen-bond acceptors (Lipinski definition) is 7. The normalized spacial score (nSPS) is 11.1. The Morgan fingerprint density at radius 3 is 2.15 bits per heavy atom. The second-order valence-electron chi connectivity index (χ2n) is 5.52. The number of anilines is 4. The molecule has 1 heterocycles. The summed E-state index contributed by atoms with van der Waals surface area (Å²) in [6.07, 6.45) is 1.39. The molecule has 0 spiro atoms. The lowest BCUT2D eigenvalue weighted by molar-refractivity contribution is 0.475. The molecule has 0 fully saturated rings. The number of aromatic nitrogens is 2. The molecular weight excluding hydrogens is 352 g/mol. The average Bonchev–Trinajstić information content (AvgIpc) is 2.62. The predicted octanol–water partition coefficient (Wildman–Crippen LogP) is 3.46. The molecule has 1 aromatic heterocycles. The molecular formula is C18H18N4O3S. The number of hydrogen-bond donors (Lipinski definition) is 3. The van der Waals surface area contributed by atoms with Gasteiger partial charge in [0.2, 0.25) is 0 Å². The van der Waals surface area contributed by atoms with Gasteiger partial charge < -0.3 is 15.7 Å². The van der Waals surface area contributed by atoms with E-state index in [4.69, 9.17) is 0 Å². The number of phenolic OH excluding ortho intramolecular Hbond substituents is 1. The lowest BCUT2D eigenvalue weighted by atomic mass is 10.3. The van der Waals surface area contributed by atoms with Gasteiger partial charge in [0.1, 0.15) is 23.7 Å². The summed E-state index contributed by atoms with van der Waals surface area (Å²) in [6, 6.07) is 14.9. The standard InChI is InChI=1S/C18H18N4O3S/c1-2-26(24,25)16-8-4-6-14(10-16)22-18-11-17(19-12-20-18)21-13-5-3-7-15(23)9-13/h3-12,23H,2H2,1H3,(H2,19,20,21,22). The van der Waals surface area contributed by atoms with Gasteiger partial charge in [-0.2, -0.15) is 0 Å². The zero-order chi connectivity index (χ0) is 18.6. The molecule has 0 saturated carbocycles. The van der Waals surface area contributed by atoms with Gasteiger partial charge in [0, 0.05) is 23.5 Å². The van der Waals surface area contributed by atoms with Crippen LogP contribution in [0.2, 0.25) is 0 Å². The fourth-order valence-electron chi connectivity index (χ4n) is 2.31. The first-order chi connectivity index (χ1) is 12.5. The van der Waals surface area contributed by atoms with Crippen LogP contribution in [0.1, 0.15) is 6.92 Å². The van der Waals surface area contributed by atoms with E-state index in [2.05, 4.69) is 20.6 Å². The summed E-state index contributed by atoms with van der Waals surface area (Å²) in [5.41, 5.74) is 1.30. The van der Waals surface area contributed by atoms with Crippen molar-refractivity contribution in [1.82, 2.24) is 9.97 Å². The number of phenols is 1. The zero-order valence-electron chi connectivity index (χ0n) is 14.0. The summed E-state index contributed by atoms with van der Waals surface area (Å²) in [6.45, 7) is 1.61. The van der Waals surface area contributed by atoms with E-state index in [1.807, 2.05) is 0 Å². The van der Waals surface area contributed by atoms with E-state index < -0.39 is 9.84 Å². The van der Waals surface area contributed by atoms with Crippen LogP contribution in [0.5, 0.6) is 5.75 Å². The van der Waals surface area contributed by atoms with Crippen molar-refractivity contribution < 1.29 is 13.5 Å². The number of benzene rings is 2. The van der Waals surface area contributed by atoms with Gasteiger partial charge in [0.05, 0.1) is 10.6 Å². The summed E-state index contributed by atoms with van der Waals surface area (Å²) < 4.78 is 24.0. The zero-order valence-corrected chi connectivity index (χ0v) is 14.9. The number of rotatable bonds is 6. The molecule has 3 rings (SSSR count). The molecule has 0 aliphatic heterocycles. The van der Waals surface area contributed by atoms with E-state index in [9.17, 15) is 13.5 Å². The minimum Gasteiger partial charge on any atom is -0.508 e. The molecule has 0 aliphatic carbocycles. The maximum absolute atomic E-state index is 12.0. The molecule has 0 aliphatic rings. The van der Waals surface area contributed by atoms with Crippen LogP contribution in [0.15, 0.2) is 65.8 Å². The van der Waals surface area contributed by atoms with Crippen molar-refractivity contribution in [3.8, 4) is 5.75 Å². The lowest BCUT2D eigenvalue weighted by Crippen LogP contribution is -2.04. The monoisotopic (exact) mass is 370 g/mol. The van der Waals surface area contributed by atoms with Crippen molar-refractivity contribution >= 4 is 32.8 Å². The second-order valence-corrected chi connectivity index (χ2v) is 7.80. The highest BCUT2D eigenvalue weighted by molar-refractivity contribution is 7.91. The van der Waals surface area contributed by atoms with Crippen LogP contribution in [-0.4, -0.2) is 29.2 Å². The highest BCUT2D eigenvalue weighted by atomic mass is 32.2. The fourth-order valence-corrected chi connectivity index (χ4v) is 3.23. The van der Waals surface area contributed by atoms with Crippen LogP contribution >= 0.6 is 0 Å². The summed E-state index contributed by atoms with van der Waals surface area (Å²) in [4.78, 5) is 8.54. The Labute approximate surface area is 151 Å². The van der Waals surface area contributed by atoms with Crippen LogP contribution < -0.4 is 10.6 Å². The third-order valence-corrected chi connectivity index (χ3v) is 5.36. The van der Waals surface area contributed by atoms with Gasteiger partial charge in [-0.05, 0) is 30.3 Å². The van der Waals surface area contributed by atoms with Crippen LogP contribution in [0.4, 0.5) is 23.0 Å². The Hall–Kier alpha value is -3.13. The van der Waals surface area contributed by atoms with Crippen molar-refractivity contribution in [3.05, 3.63) is 60.9 Å².